The van der Waals surface area contributed by atoms with Gasteiger partial charge in [-0.25, -0.2) is 0 Å². The van der Waals surface area contributed by atoms with E-state index in [4.69, 9.17) is 0 Å². The second-order valence-corrected chi connectivity index (χ2v) is 7.50. The number of amides is 2. The van der Waals surface area contributed by atoms with E-state index >= 15 is 0 Å². The lowest BCUT2D eigenvalue weighted by molar-refractivity contribution is -0.123. The summed E-state index contributed by atoms with van der Waals surface area (Å²) in [6.45, 7) is 2.67. The highest BCUT2D eigenvalue weighted by atomic mass is 16.2. The van der Waals surface area contributed by atoms with Crippen LogP contribution in [0.25, 0.3) is 0 Å². The smallest absolute Gasteiger partial charge is 0.258 e. The standard InChI is InChI=1S/C23H24N4O2/c1-16-8-10-17(11-9-16)14-27-15-19(13-24-27)23(29)25-20-5-2-4-18(12-20)21-6-3-7-22(28)26-21/h2,4-5,8-13,15,21H,3,6-7,14H2,1H3,(H,25,29)(H,26,28). The highest BCUT2D eigenvalue weighted by Gasteiger charge is 2.20. The number of hydrogen-bond acceptors (Lipinski definition) is 3. The molecule has 1 atom stereocenters. The van der Waals surface area contributed by atoms with Crippen molar-refractivity contribution in [3.05, 3.63) is 83.2 Å². The highest BCUT2D eigenvalue weighted by molar-refractivity contribution is 6.04. The Morgan fingerprint density at radius 3 is 2.86 bits per heavy atom. The Morgan fingerprint density at radius 2 is 2.07 bits per heavy atom. The molecule has 0 bridgehead atoms. The molecule has 29 heavy (non-hydrogen) atoms. The van der Waals surface area contributed by atoms with Crippen molar-refractivity contribution in [3.8, 4) is 0 Å². The minimum Gasteiger partial charge on any atom is -0.349 e. The molecule has 1 aliphatic rings. The second-order valence-electron chi connectivity index (χ2n) is 7.50. The number of carbonyl (C=O) groups is 2. The van der Waals surface area contributed by atoms with E-state index < -0.39 is 0 Å². The predicted molar refractivity (Wildman–Crippen MR) is 112 cm³/mol. The van der Waals surface area contributed by atoms with Crippen LogP contribution >= 0.6 is 0 Å². The molecule has 6 heteroatoms. The first kappa shape index (κ1) is 18.9. The average molecular weight is 388 g/mol. The van der Waals surface area contributed by atoms with Crippen LogP contribution in [0, 0.1) is 6.92 Å². The van der Waals surface area contributed by atoms with E-state index in [1.54, 1.807) is 17.1 Å². The van der Waals surface area contributed by atoms with Crippen molar-refractivity contribution in [2.75, 3.05) is 5.32 Å². The monoisotopic (exact) mass is 388 g/mol. The van der Waals surface area contributed by atoms with Gasteiger partial charge in [-0.2, -0.15) is 5.10 Å². The maximum atomic E-state index is 12.6. The molecule has 4 rings (SSSR count). The molecule has 2 N–H and O–H groups in total. The van der Waals surface area contributed by atoms with Gasteiger partial charge in [-0.05, 0) is 43.0 Å². The first-order valence-electron chi connectivity index (χ1n) is 9.85. The van der Waals surface area contributed by atoms with Crippen LogP contribution in [0.15, 0.2) is 60.9 Å². The fourth-order valence-electron chi connectivity index (χ4n) is 3.54. The minimum atomic E-state index is -0.204. The predicted octanol–water partition coefficient (Wildman–Crippen LogP) is 3.83. The van der Waals surface area contributed by atoms with Crippen LogP contribution in [0.4, 0.5) is 5.69 Å². The Kier molecular flexibility index (Phi) is 5.42. The summed E-state index contributed by atoms with van der Waals surface area (Å²) in [5.41, 5.74) is 4.57. The SMILES string of the molecule is Cc1ccc(Cn2cc(C(=O)Nc3cccc(C4CCCC(=O)N4)c3)cn2)cc1. The van der Waals surface area contributed by atoms with Crippen LogP contribution in [0.5, 0.6) is 0 Å². The molecule has 1 aliphatic heterocycles. The molecule has 2 amide bonds. The summed E-state index contributed by atoms with van der Waals surface area (Å²) in [7, 11) is 0. The number of benzene rings is 2. The van der Waals surface area contributed by atoms with Gasteiger partial charge in [0.25, 0.3) is 5.91 Å². The summed E-state index contributed by atoms with van der Waals surface area (Å²) in [5, 5.41) is 10.2. The fraction of sp³-hybridized carbons (Fsp3) is 0.261. The van der Waals surface area contributed by atoms with Crippen molar-refractivity contribution in [1.29, 1.82) is 0 Å². The molecule has 0 spiro atoms. The first-order valence-corrected chi connectivity index (χ1v) is 9.85. The normalized spacial score (nSPS) is 16.3. The Hall–Kier alpha value is -3.41. The molecule has 0 radical (unpaired) electrons. The summed E-state index contributed by atoms with van der Waals surface area (Å²) in [6.07, 6.45) is 5.71. The van der Waals surface area contributed by atoms with Crippen molar-refractivity contribution in [2.24, 2.45) is 0 Å². The molecule has 2 aromatic carbocycles. The molecule has 148 valence electrons. The number of aryl methyl sites for hydroxylation is 1. The van der Waals surface area contributed by atoms with E-state index in [1.807, 2.05) is 24.3 Å². The van der Waals surface area contributed by atoms with Crippen LogP contribution in [0.1, 0.15) is 52.4 Å². The third-order valence-electron chi connectivity index (χ3n) is 5.14. The van der Waals surface area contributed by atoms with Gasteiger partial charge in [0, 0.05) is 18.3 Å². The van der Waals surface area contributed by atoms with E-state index in [1.165, 1.54) is 5.56 Å². The topological polar surface area (TPSA) is 76.0 Å². The molecule has 1 aromatic heterocycles. The van der Waals surface area contributed by atoms with Crippen LogP contribution < -0.4 is 10.6 Å². The van der Waals surface area contributed by atoms with Crippen molar-refractivity contribution in [1.82, 2.24) is 15.1 Å². The lowest BCUT2D eigenvalue weighted by Crippen LogP contribution is -2.32. The minimum absolute atomic E-state index is 0.00496. The van der Waals surface area contributed by atoms with E-state index in [9.17, 15) is 9.59 Å². The lowest BCUT2D eigenvalue weighted by Gasteiger charge is -2.24. The average Bonchev–Trinajstić information content (AvgIpc) is 3.19. The number of rotatable bonds is 5. The van der Waals surface area contributed by atoms with Crippen LogP contribution in [0.3, 0.4) is 0 Å². The van der Waals surface area contributed by atoms with Gasteiger partial charge >= 0.3 is 0 Å². The number of anilines is 1. The quantitative estimate of drug-likeness (QED) is 0.697. The number of hydrogen-bond donors (Lipinski definition) is 2. The van der Waals surface area contributed by atoms with Gasteiger partial charge in [0.1, 0.15) is 0 Å². The molecule has 0 aliphatic carbocycles. The highest BCUT2D eigenvalue weighted by Crippen LogP contribution is 2.25. The van der Waals surface area contributed by atoms with Gasteiger partial charge in [0.05, 0.1) is 24.3 Å². The Labute approximate surface area is 169 Å². The number of aromatic nitrogens is 2. The molecule has 1 saturated heterocycles. The van der Waals surface area contributed by atoms with Crippen molar-refractivity contribution in [2.45, 2.75) is 38.8 Å². The summed E-state index contributed by atoms with van der Waals surface area (Å²) in [5.74, 6) is -0.123. The zero-order valence-electron chi connectivity index (χ0n) is 16.4. The van der Waals surface area contributed by atoms with Gasteiger partial charge < -0.3 is 10.6 Å². The van der Waals surface area contributed by atoms with Crippen molar-refractivity contribution in [3.63, 3.8) is 0 Å². The lowest BCUT2D eigenvalue weighted by atomic mass is 9.97. The largest absolute Gasteiger partial charge is 0.349 e. The molecule has 1 unspecified atom stereocenters. The van der Waals surface area contributed by atoms with Crippen LogP contribution in [-0.2, 0) is 11.3 Å². The molecular formula is C23H24N4O2. The fourth-order valence-corrected chi connectivity index (χ4v) is 3.54. The van der Waals surface area contributed by atoms with E-state index in [2.05, 4.69) is 46.9 Å². The third kappa shape index (κ3) is 4.71. The molecular weight excluding hydrogens is 364 g/mol. The Bertz CT molecular complexity index is 1020. The summed E-state index contributed by atoms with van der Waals surface area (Å²) >= 11 is 0. The maximum absolute atomic E-state index is 12.6. The number of nitrogens with zero attached hydrogens (tertiary/aromatic N) is 2. The van der Waals surface area contributed by atoms with Crippen LogP contribution in [-0.4, -0.2) is 21.6 Å². The van der Waals surface area contributed by atoms with Gasteiger partial charge in [0.2, 0.25) is 5.91 Å². The van der Waals surface area contributed by atoms with Gasteiger partial charge in [-0.3, -0.25) is 14.3 Å². The van der Waals surface area contributed by atoms with Gasteiger partial charge in [-0.15, -0.1) is 0 Å². The van der Waals surface area contributed by atoms with Crippen molar-refractivity contribution < 1.29 is 9.59 Å². The van der Waals surface area contributed by atoms with Crippen molar-refractivity contribution >= 4 is 17.5 Å². The number of carbonyl (C=O) groups excluding carboxylic acids is 2. The molecule has 2 heterocycles. The molecule has 1 fully saturated rings. The zero-order chi connectivity index (χ0) is 20.2. The zero-order valence-corrected chi connectivity index (χ0v) is 16.4. The number of piperidine rings is 1. The third-order valence-corrected chi connectivity index (χ3v) is 5.14. The Balaban J connectivity index is 1.42. The summed E-state index contributed by atoms with van der Waals surface area (Å²) < 4.78 is 1.76. The van der Waals surface area contributed by atoms with E-state index in [0.29, 0.717) is 24.2 Å². The Morgan fingerprint density at radius 1 is 1.24 bits per heavy atom. The first-order chi connectivity index (χ1) is 14.1. The number of nitrogens with one attached hydrogen (secondary N) is 2. The van der Waals surface area contributed by atoms with Gasteiger partial charge in [0.15, 0.2) is 0 Å². The van der Waals surface area contributed by atoms with E-state index in [-0.39, 0.29) is 17.9 Å². The molecule has 3 aromatic rings. The molecule has 6 nitrogen and oxygen atoms in total. The maximum Gasteiger partial charge on any atom is 0.258 e. The summed E-state index contributed by atoms with van der Waals surface area (Å²) in [6, 6.07) is 15.9. The second kappa shape index (κ2) is 8.31. The summed E-state index contributed by atoms with van der Waals surface area (Å²) in [4.78, 5) is 24.3. The van der Waals surface area contributed by atoms with Crippen LogP contribution in [0.2, 0.25) is 0 Å². The van der Waals surface area contributed by atoms with E-state index in [0.717, 1.165) is 24.0 Å². The molecule has 0 saturated carbocycles. The van der Waals surface area contributed by atoms with Gasteiger partial charge in [-0.1, -0.05) is 42.0 Å².